The van der Waals surface area contributed by atoms with Crippen LogP contribution in [0.15, 0.2) is 59.1 Å². The molecule has 0 saturated carbocycles. The van der Waals surface area contributed by atoms with E-state index in [4.69, 9.17) is 28.2 Å². The molecule has 3 heterocycles. The molecule has 1 saturated heterocycles. The van der Waals surface area contributed by atoms with Crippen LogP contribution in [0, 0.1) is 6.92 Å². The van der Waals surface area contributed by atoms with Crippen LogP contribution in [0.4, 0.5) is 0 Å². The van der Waals surface area contributed by atoms with Gasteiger partial charge >= 0.3 is 0 Å². The average Bonchev–Trinajstić information content (AvgIpc) is 3.30. The van der Waals surface area contributed by atoms with Crippen LogP contribution in [-0.4, -0.2) is 21.5 Å². The SMILES string of the molecule is CCCN1C(=S)N[C@@H](c2ccccn2)[C@@H]1c1ccc(-c2ccc(C)c(Cl)c2)o1. The Bertz CT molecular complexity index is 988. The zero-order valence-electron chi connectivity index (χ0n) is 15.9. The number of benzene rings is 1. The second-order valence-corrected chi connectivity index (χ2v) is 7.78. The van der Waals surface area contributed by atoms with Crippen molar-refractivity contribution in [2.75, 3.05) is 6.54 Å². The van der Waals surface area contributed by atoms with Gasteiger partial charge in [-0.1, -0.05) is 36.7 Å². The molecule has 0 bridgehead atoms. The van der Waals surface area contributed by atoms with Gasteiger partial charge in [0.25, 0.3) is 0 Å². The van der Waals surface area contributed by atoms with Crippen LogP contribution >= 0.6 is 23.8 Å². The molecule has 4 rings (SSSR count). The van der Waals surface area contributed by atoms with Crippen molar-refractivity contribution in [2.45, 2.75) is 32.4 Å². The van der Waals surface area contributed by atoms with Gasteiger partial charge in [-0.25, -0.2) is 0 Å². The lowest BCUT2D eigenvalue weighted by atomic mass is 10.0. The van der Waals surface area contributed by atoms with Crippen molar-refractivity contribution < 1.29 is 4.42 Å². The number of thiocarbonyl (C=S) groups is 1. The highest BCUT2D eigenvalue weighted by Gasteiger charge is 2.41. The molecule has 1 aliphatic heterocycles. The molecule has 4 nitrogen and oxygen atoms in total. The first-order valence-electron chi connectivity index (χ1n) is 9.43. The molecule has 3 aromatic rings. The predicted octanol–water partition coefficient (Wildman–Crippen LogP) is 5.69. The van der Waals surface area contributed by atoms with Crippen LogP contribution in [0.1, 0.15) is 42.4 Å². The fourth-order valence-electron chi connectivity index (χ4n) is 3.61. The van der Waals surface area contributed by atoms with Gasteiger partial charge in [0.05, 0.1) is 11.7 Å². The van der Waals surface area contributed by atoms with Gasteiger partial charge in [0.1, 0.15) is 17.6 Å². The van der Waals surface area contributed by atoms with Gasteiger partial charge < -0.3 is 14.6 Å². The highest BCUT2D eigenvalue weighted by molar-refractivity contribution is 7.80. The molecule has 28 heavy (non-hydrogen) atoms. The first-order valence-corrected chi connectivity index (χ1v) is 10.2. The first-order chi connectivity index (χ1) is 13.6. The number of furan rings is 1. The minimum atomic E-state index is -0.0548. The minimum absolute atomic E-state index is 0.0444. The molecule has 0 spiro atoms. The number of nitrogens with zero attached hydrogens (tertiary/aromatic N) is 2. The molecular weight excluding hydrogens is 390 g/mol. The summed E-state index contributed by atoms with van der Waals surface area (Å²) in [7, 11) is 0. The Morgan fingerprint density at radius 1 is 1.21 bits per heavy atom. The second-order valence-electron chi connectivity index (χ2n) is 6.99. The Kier molecular flexibility index (Phi) is 5.38. The van der Waals surface area contributed by atoms with Gasteiger partial charge in [-0.3, -0.25) is 4.98 Å². The van der Waals surface area contributed by atoms with Gasteiger partial charge in [0.2, 0.25) is 0 Å². The van der Waals surface area contributed by atoms with Crippen LogP contribution in [-0.2, 0) is 0 Å². The quantitative estimate of drug-likeness (QED) is 0.546. The third-order valence-corrected chi connectivity index (χ3v) is 5.80. The molecule has 0 aliphatic carbocycles. The summed E-state index contributed by atoms with van der Waals surface area (Å²) in [4.78, 5) is 6.74. The number of rotatable bonds is 5. The zero-order valence-corrected chi connectivity index (χ0v) is 17.4. The van der Waals surface area contributed by atoms with Crippen LogP contribution in [0.25, 0.3) is 11.3 Å². The van der Waals surface area contributed by atoms with Crippen molar-refractivity contribution in [1.82, 2.24) is 15.2 Å². The van der Waals surface area contributed by atoms with Gasteiger partial charge in [0, 0.05) is 23.3 Å². The van der Waals surface area contributed by atoms with E-state index in [9.17, 15) is 0 Å². The normalized spacial score (nSPS) is 19.1. The molecule has 0 amide bonds. The topological polar surface area (TPSA) is 41.3 Å². The van der Waals surface area contributed by atoms with E-state index in [1.165, 1.54) is 0 Å². The summed E-state index contributed by atoms with van der Waals surface area (Å²) >= 11 is 11.9. The minimum Gasteiger partial charge on any atom is -0.459 e. The predicted molar refractivity (Wildman–Crippen MR) is 116 cm³/mol. The van der Waals surface area contributed by atoms with E-state index in [0.717, 1.165) is 51.4 Å². The third-order valence-electron chi connectivity index (χ3n) is 5.04. The molecule has 0 unspecified atom stereocenters. The average molecular weight is 412 g/mol. The molecule has 6 heteroatoms. The number of aryl methyl sites for hydroxylation is 1. The number of halogens is 1. The summed E-state index contributed by atoms with van der Waals surface area (Å²) in [5.41, 5.74) is 2.96. The number of aromatic nitrogens is 1. The molecule has 1 aromatic carbocycles. The zero-order chi connectivity index (χ0) is 19.7. The molecule has 1 aliphatic rings. The van der Waals surface area contributed by atoms with Crippen molar-refractivity contribution in [3.05, 3.63) is 76.8 Å². The Labute approximate surface area is 175 Å². The fraction of sp³-hybridized carbons (Fsp3) is 0.273. The molecule has 0 radical (unpaired) electrons. The second kappa shape index (κ2) is 7.94. The highest BCUT2D eigenvalue weighted by Crippen LogP contribution is 2.40. The summed E-state index contributed by atoms with van der Waals surface area (Å²) in [6.07, 6.45) is 2.80. The van der Waals surface area contributed by atoms with Gasteiger partial charge in [-0.05, 0) is 61.5 Å². The Morgan fingerprint density at radius 3 is 2.79 bits per heavy atom. The maximum absolute atomic E-state index is 6.30. The summed E-state index contributed by atoms with van der Waals surface area (Å²) < 4.78 is 6.30. The smallest absolute Gasteiger partial charge is 0.170 e. The van der Waals surface area contributed by atoms with Crippen LogP contribution in [0.5, 0.6) is 0 Å². The van der Waals surface area contributed by atoms with Crippen molar-refractivity contribution >= 4 is 28.9 Å². The highest BCUT2D eigenvalue weighted by atomic mass is 35.5. The fourth-order valence-corrected chi connectivity index (χ4v) is 4.12. The summed E-state index contributed by atoms with van der Waals surface area (Å²) in [6, 6.07) is 15.8. The Morgan fingerprint density at radius 2 is 2.07 bits per heavy atom. The molecule has 2 aromatic heterocycles. The van der Waals surface area contributed by atoms with Crippen LogP contribution < -0.4 is 5.32 Å². The molecule has 1 fully saturated rings. The van der Waals surface area contributed by atoms with E-state index in [1.54, 1.807) is 0 Å². The van der Waals surface area contributed by atoms with Crippen LogP contribution in [0.2, 0.25) is 5.02 Å². The van der Waals surface area contributed by atoms with E-state index < -0.39 is 0 Å². The van der Waals surface area contributed by atoms with Crippen molar-refractivity contribution in [3.8, 4) is 11.3 Å². The standard InChI is InChI=1S/C22H22ClN3OS/c1-3-12-26-21(20(25-22(26)28)17-6-4-5-11-24-17)19-10-9-18(27-19)15-8-7-14(2)16(23)13-15/h4-11,13,20-21H,3,12H2,1-2H3,(H,25,28)/t20-,21-/m0/s1. The van der Waals surface area contributed by atoms with Gasteiger partial charge in [-0.2, -0.15) is 0 Å². The molecule has 1 N–H and O–H groups in total. The monoisotopic (exact) mass is 411 g/mol. The summed E-state index contributed by atoms with van der Waals surface area (Å²) in [5, 5.41) is 4.90. The van der Waals surface area contributed by atoms with Gasteiger partial charge in [-0.15, -0.1) is 0 Å². The lowest BCUT2D eigenvalue weighted by Gasteiger charge is -2.25. The van der Waals surface area contributed by atoms with Crippen molar-refractivity contribution in [1.29, 1.82) is 0 Å². The van der Waals surface area contributed by atoms with Crippen LogP contribution in [0.3, 0.4) is 0 Å². The largest absolute Gasteiger partial charge is 0.459 e. The Balaban J connectivity index is 1.72. The molecular formula is C22H22ClN3OS. The summed E-state index contributed by atoms with van der Waals surface area (Å²) in [5.74, 6) is 1.66. The lowest BCUT2D eigenvalue weighted by Crippen LogP contribution is -2.30. The maximum atomic E-state index is 6.30. The molecule has 2 atom stereocenters. The number of nitrogens with one attached hydrogen (secondary N) is 1. The van der Waals surface area contributed by atoms with E-state index >= 15 is 0 Å². The van der Waals surface area contributed by atoms with Crippen molar-refractivity contribution in [2.24, 2.45) is 0 Å². The van der Waals surface area contributed by atoms with E-state index in [1.807, 2.05) is 61.7 Å². The van der Waals surface area contributed by atoms with E-state index in [0.29, 0.717) is 0 Å². The van der Waals surface area contributed by atoms with E-state index in [-0.39, 0.29) is 12.1 Å². The number of hydrogen-bond acceptors (Lipinski definition) is 3. The molecule has 144 valence electrons. The van der Waals surface area contributed by atoms with Gasteiger partial charge in [0.15, 0.2) is 5.11 Å². The maximum Gasteiger partial charge on any atom is 0.170 e. The van der Waals surface area contributed by atoms with Crippen molar-refractivity contribution in [3.63, 3.8) is 0 Å². The number of hydrogen-bond donors (Lipinski definition) is 1. The lowest BCUT2D eigenvalue weighted by molar-refractivity contribution is 0.275. The first kappa shape index (κ1) is 19.0. The number of pyridine rings is 1. The summed E-state index contributed by atoms with van der Waals surface area (Å²) in [6.45, 7) is 4.99. The third kappa shape index (κ3) is 3.52. The van der Waals surface area contributed by atoms with E-state index in [2.05, 4.69) is 22.1 Å². The Hall–Kier alpha value is -2.37.